The fraction of sp³-hybridized carbons (Fsp3) is 0.533. The van der Waals surface area contributed by atoms with Crippen LogP contribution >= 0.6 is 0 Å². The summed E-state index contributed by atoms with van der Waals surface area (Å²) in [6.07, 6.45) is 10.7. The number of carbonyl (C=O) groups is 1. The van der Waals surface area contributed by atoms with Gasteiger partial charge in [-0.3, -0.25) is 4.79 Å². The van der Waals surface area contributed by atoms with Crippen LogP contribution in [0.3, 0.4) is 0 Å². The highest BCUT2D eigenvalue weighted by Crippen LogP contribution is 2.25. The van der Waals surface area contributed by atoms with Gasteiger partial charge in [-0.15, -0.1) is 0 Å². The molecule has 0 N–H and O–H groups in total. The molecule has 0 radical (unpaired) electrons. The van der Waals surface area contributed by atoms with E-state index in [-0.39, 0.29) is 5.91 Å². The minimum atomic E-state index is 0.281. The van der Waals surface area contributed by atoms with Crippen molar-refractivity contribution in [2.24, 2.45) is 5.92 Å². The molecule has 1 atom stereocenters. The normalized spacial score (nSPS) is 21.6. The Labute approximate surface area is 105 Å². The average Bonchev–Trinajstić information content (AvgIpc) is 2.32. The summed E-state index contributed by atoms with van der Waals surface area (Å²) >= 11 is 0. The fourth-order valence-corrected chi connectivity index (χ4v) is 2.13. The molecular weight excluding hydrogens is 210 g/mol. The molecule has 2 nitrogen and oxygen atoms in total. The van der Waals surface area contributed by atoms with E-state index in [1.807, 2.05) is 36.1 Å². The molecule has 0 spiro atoms. The summed E-state index contributed by atoms with van der Waals surface area (Å²) in [5, 5.41) is 0. The zero-order valence-electron chi connectivity index (χ0n) is 11.0. The van der Waals surface area contributed by atoms with Crippen LogP contribution < -0.4 is 0 Å². The lowest BCUT2D eigenvalue weighted by molar-refractivity contribution is -0.134. The molecule has 1 aliphatic rings. The van der Waals surface area contributed by atoms with E-state index < -0.39 is 0 Å². The second-order valence-electron chi connectivity index (χ2n) is 4.53. The minimum Gasteiger partial charge on any atom is -0.343 e. The summed E-state index contributed by atoms with van der Waals surface area (Å²) in [5.41, 5.74) is 1.08. The second kappa shape index (κ2) is 7.10. The van der Waals surface area contributed by atoms with E-state index in [9.17, 15) is 4.79 Å². The first-order chi connectivity index (χ1) is 8.19. The molecule has 1 unspecified atom stereocenters. The van der Waals surface area contributed by atoms with Crippen LogP contribution in [0.1, 0.15) is 33.1 Å². The topological polar surface area (TPSA) is 20.3 Å². The van der Waals surface area contributed by atoms with E-state index in [2.05, 4.69) is 13.5 Å². The van der Waals surface area contributed by atoms with Gasteiger partial charge in [0.05, 0.1) is 0 Å². The maximum Gasteiger partial charge on any atom is 0.223 e. The number of nitrogens with zero attached hydrogens (tertiary/aromatic N) is 1. The Morgan fingerprint density at radius 2 is 2.29 bits per heavy atom. The molecule has 1 fully saturated rings. The number of hydrogen-bond donors (Lipinski definition) is 0. The zero-order valence-corrected chi connectivity index (χ0v) is 11.0. The molecule has 1 rings (SSSR count). The second-order valence-corrected chi connectivity index (χ2v) is 4.53. The number of allylic oxidation sites excluding steroid dienone is 5. The van der Waals surface area contributed by atoms with Gasteiger partial charge in [-0.2, -0.15) is 0 Å². The first kappa shape index (κ1) is 13.8. The maximum atomic E-state index is 11.9. The summed E-state index contributed by atoms with van der Waals surface area (Å²) in [4.78, 5) is 13.8. The van der Waals surface area contributed by atoms with E-state index in [0.717, 1.165) is 31.5 Å². The van der Waals surface area contributed by atoms with E-state index in [4.69, 9.17) is 0 Å². The third kappa shape index (κ3) is 4.22. The highest BCUT2D eigenvalue weighted by Gasteiger charge is 2.25. The van der Waals surface area contributed by atoms with Gasteiger partial charge >= 0.3 is 0 Å². The van der Waals surface area contributed by atoms with Gasteiger partial charge in [-0.25, -0.2) is 0 Å². The lowest BCUT2D eigenvalue weighted by Gasteiger charge is -2.31. The van der Waals surface area contributed by atoms with Crippen molar-refractivity contribution in [2.45, 2.75) is 33.1 Å². The van der Waals surface area contributed by atoms with Crippen molar-refractivity contribution in [1.29, 1.82) is 0 Å². The summed E-state index contributed by atoms with van der Waals surface area (Å²) in [5.74, 6) is 0.612. The van der Waals surface area contributed by atoms with Crippen LogP contribution in [0.4, 0.5) is 0 Å². The van der Waals surface area contributed by atoms with Gasteiger partial charge in [-0.1, -0.05) is 43.4 Å². The molecule has 0 bridgehead atoms. The molecule has 1 aliphatic heterocycles. The van der Waals surface area contributed by atoms with Gasteiger partial charge in [0.15, 0.2) is 0 Å². The number of rotatable bonds is 5. The Morgan fingerprint density at radius 1 is 1.53 bits per heavy atom. The molecule has 94 valence electrons. The number of piperidine rings is 1. The van der Waals surface area contributed by atoms with Crippen LogP contribution in [0, 0.1) is 5.92 Å². The zero-order chi connectivity index (χ0) is 12.7. The molecular formula is C15H23NO. The summed E-state index contributed by atoms with van der Waals surface area (Å²) in [6, 6.07) is 0. The molecule has 1 saturated heterocycles. The van der Waals surface area contributed by atoms with Gasteiger partial charge in [0, 0.05) is 19.5 Å². The van der Waals surface area contributed by atoms with Crippen LogP contribution in [0.25, 0.3) is 0 Å². The summed E-state index contributed by atoms with van der Waals surface area (Å²) in [7, 11) is 0. The molecule has 0 aromatic rings. The van der Waals surface area contributed by atoms with E-state index >= 15 is 0 Å². The summed E-state index contributed by atoms with van der Waals surface area (Å²) < 4.78 is 0. The number of likely N-dealkylation sites (tertiary alicyclic amines) is 1. The third-order valence-electron chi connectivity index (χ3n) is 3.15. The Bertz CT molecular complexity index is 328. The molecule has 0 saturated carbocycles. The van der Waals surface area contributed by atoms with E-state index in [1.165, 1.54) is 0 Å². The Kier molecular flexibility index (Phi) is 5.75. The van der Waals surface area contributed by atoms with Crippen molar-refractivity contribution in [3.8, 4) is 0 Å². The lowest BCUT2D eigenvalue weighted by atomic mass is 9.89. The van der Waals surface area contributed by atoms with Gasteiger partial charge in [0.25, 0.3) is 0 Å². The van der Waals surface area contributed by atoms with Gasteiger partial charge in [0.2, 0.25) is 5.91 Å². The molecule has 1 heterocycles. The molecule has 0 aromatic heterocycles. The highest BCUT2D eigenvalue weighted by molar-refractivity contribution is 5.77. The predicted octanol–water partition coefficient (Wildman–Crippen LogP) is 3.32. The van der Waals surface area contributed by atoms with Crippen LogP contribution in [0.2, 0.25) is 0 Å². The molecule has 0 aromatic carbocycles. The fourth-order valence-electron chi connectivity index (χ4n) is 2.13. The van der Waals surface area contributed by atoms with Crippen molar-refractivity contribution in [3.63, 3.8) is 0 Å². The van der Waals surface area contributed by atoms with Crippen LogP contribution in [0.15, 0.2) is 36.5 Å². The van der Waals surface area contributed by atoms with Gasteiger partial charge in [0.1, 0.15) is 0 Å². The largest absolute Gasteiger partial charge is 0.343 e. The van der Waals surface area contributed by atoms with Crippen molar-refractivity contribution >= 4 is 5.91 Å². The molecule has 17 heavy (non-hydrogen) atoms. The van der Waals surface area contributed by atoms with E-state index in [1.54, 1.807) is 0 Å². The number of hydrogen-bond acceptors (Lipinski definition) is 1. The van der Waals surface area contributed by atoms with Gasteiger partial charge < -0.3 is 4.90 Å². The monoisotopic (exact) mass is 233 g/mol. The van der Waals surface area contributed by atoms with Crippen LogP contribution in [-0.2, 0) is 4.79 Å². The standard InChI is InChI=1S/C15H23NO/c1-4-6-7-8-13(3)14-9-11-16(10-5-2)15(17)12-14/h4,6-8,14H,3,5,9-12H2,1-2H3/b6-4-,8-7-. The van der Waals surface area contributed by atoms with Gasteiger partial charge in [-0.05, 0) is 25.7 Å². The quantitative estimate of drug-likeness (QED) is 0.667. The average molecular weight is 233 g/mol. The maximum absolute atomic E-state index is 11.9. The molecule has 1 amide bonds. The predicted molar refractivity (Wildman–Crippen MR) is 72.7 cm³/mol. The van der Waals surface area contributed by atoms with Crippen molar-refractivity contribution in [2.75, 3.05) is 13.1 Å². The summed E-state index contributed by atoms with van der Waals surface area (Å²) in [6.45, 7) is 9.94. The first-order valence-corrected chi connectivity index (χ1v) is 6.45. The smallest absolute Gasteiger partial charge is 0.223 e. The van der Waals surface area contributed by atoms with Crippen molar-refractivity contribution in [3.05, 3.63) is 36.5 Å². The number of amides is 1. The third-order valence-corrected chi connectivity index (χ3v) is 3.15. The number of carbonyl (C=O) groups excluding carboxylic acids is 1. The molecule has 0 aliphatic carbocycles. The Balaban J connectivity index is 2.49. The Morgan fingerprint density at radius 3 is 2.88 bits per heavy atom. The molecule has 2 heteroatoms. The van der Waals surface area contributed by atoms with Crippen molar-refractivity contribution < 1.29 is 4.79 Å². The minimum absolute atomic E-state index is 0.281. The highest BCUT2D eigenvalue weighted by atomic mass is 16.2. The first-order valence-electron chi connectivity index (χ1n) is 6.45. The van der Waals surface area contributed by atoms with Crippen molar-refractivity contribution in [1.82, 2.24) is 4.90 Å². The van der Waals surface area contributed by atoms with E-state index in [0.29, 0.717) is 12.3 Å². The SMILES string of the molecule is C=C(/C=C\C=C/C)C1CCN(CCC)C(=O)C1. The van der Waals surface area contributed by atoms with Crippen LogP contribution in [0.5, 0.6) is 0 Å². The Hall–Kier alpha value is -1.31. The lowest BCUT2D eigenvalue weighted by Crippen LogP contribution is -2.39. The van der Waals surface area contributed by atoms with Crippen LogP contribution in [-0.4, -0.2) is 23.9 Å².